The van der Waals surface area contributed by atoms with Crippen LogP contribution in [0.1, 0.15) is 18.1 Å². The summed E-state index contributed by atoms with van der Waals surface area (Å²) in [5.74, 6) is -0.194. The van der Waals surface area contributed by atoms with Crippen LogP contribution >= 0.6 is 12.0 Å². The van der Waals surface area contributed by atoms with Gasteiger partial charge in [-0.15, -0.1) is 0 Å². The smallest absolute Gasteiger partial charge is 0.691 e. The predicted molar refractivity (Wildman–Crippen MR) is 103 cm³/mol. The molecule has 0 fully saturated rings. The van der Waals surface area contributed by atoms with Crippen LogP contribution in [-0.4, -0.2) is 11.6 Å². The van der Waals surface area contributed by atoms with Crippen molar-refractivity contribution in [1.29, 1.82) is 0 Å². The van der Waals surface area contributed by atoms with Gasteiger partial charge < -0.3 is 5.26 Å². The maximum absolute atomic E-state index is 12.7. The van der Waals surface area contributed by atoms with Crippen molar-refractivity contribution < 1.29 is 49.0 Å². The maximum Gasteiger partial charge on any atom is 1.00 e. The van der Waals surface area contributed by atoms with Crippen LogP contribution in [0.3, 0.4) is 0 Å². The van der Waals surface area contributed by atoms with Crippen molar-refractivity contribution in [3.63, 3.8) is 0 Å². The minimum Gasteiger partial charge on any atom is -0.691 e. The van der Waals surface area contributed by atoms with E-state index in [2.05, 4.69) is 14.5 Å². The first kappa shape index (κ1) is 22.6. The Balaban J connectivity index is 0.00000280. The minimum absolute atomic E-state index is 0. The molecule has 1 heterocycles. The van der Waals surface area contributed by atoms with Gasteiger partial charge in [-0.1, -0.05) is 42.0 Å². The Morgan fingerprint density at radius 3 is 2.39 bits per heavy atom. The number of hydrogen-bond donors (Lipinski definition) is 0. The molecule has 1 amide bonds. The van der Waals surface area contributed by atoms with Crippen molar-refractivity contribution in [3.05, 3.63) is 77.4 Å². The molecule has 6 nitrogen and oxygen atoms in total. The molecule has 1 aliphatic rings. The third-order valence-corrected chi connectivity index (χ3v) is 4.52. The Labute approximate surface area is 189 Å². The van der Waals surface area contributed by atoms with Crippen LogP contribution in [0.5, 0.6) is 0 Å². The molecule has 28 heavy (non-hydrogen) atoms. The summed E-state index contributed by atoms with van der Waals surface area (Å²) < 4.78 is 4.26. The molecule has 138 valence electrons. The number of anilines is 1. The molecule has 0 radical (unpaired) electrons. The van der Waals surface area contributed by atoms with Crippen LogP contribution in [0.4, 0.5) is 5.69 Å². The van der Waals surface area contributed by atoms with Crippen molar-refractivity contribution >= 4 is 35.4 Å². The van der Waals surface area contributed by atoms with E-state index in [4.69, 9.17) is 0 Å². The zero-order valence-corrected chi connectivity index (χ0v) is 18.6. The van der Waals surface area contributed by atoms with E-state index in [0.29, 0.717) is 21.9 Å². The van der Waals surface area contributed by atoms with Crippen LogP contribution in [0.15, 0.2) is 76.3 Å². The van der Waals surface area contributed by atoms with Crippen molar-refractivity contribution in [3.8, 4) is 0 Å². The zero-order chi connectivity index (χ0) is 19.2. The third-order valence-electron chi connectivity index (χ3n) is 3.93. The zero-order valence-electron chi connectivity index (χ0n) is 15.8. The second-order valence-electron chi connectivity index (χ2n) is 5.87. The Morgan fingerprint density at radius 1 is 1.07 bits per heavy atom. The fraction of sp³-hybridized carbons (Fsp3) is 0.100. The van der Waals surface area contributed by atoms with Gasteiger partial charge in [-0.3, -0.25) is 9.83 Å². The molecule has 0 spiro atoms. The van der Waals surface area contributed by atoms with Crippen LogP contribution in [0, 0.1) is 6.92 Å². The molecular weight excluding hydrogens is 387 g/mol. The standard InChI is InChI=1S/C20H18N2O4S.Na/c1-14-6-8-16(9-7-14)4-3-5-19-15(2)21-22(20(19)23)17-10-12-18(13-11-17)27-26-25-24;/h3-13,24H,1-2H3;/q;+1/p-1/b4-3+,19-5+;. The average molecular weight is 404 g/mol. The monoisotopic (exact) mass is 404 g/mol. The topological polar surface area (TPSA) is 74.2 Å². The second-order valence-corrected chi connectivity index (χ2v) is 6.64. The number of hydrazone groups is 1. The summed E-state index contributed by atoms with van der Waals surface area (Å²) in [5.41, 5.74) is 4.07. The molecule has 3 rings (SSSR count). The van der Waals surface area contributed by atoms with Gasteiger partial charge in [-0.25, -0.2) is 0 Å². The molecule has 0 saturated heterocycles. The van der Waals surface area contributed by atoms with Crippen LogP contribution in [0.25, 0.3) is 6.08 Å². The molecular formula is C20H17N2NaO4S. The third kappa shape index (κ3) is 5.65. The number of allylic oxidation sites excluding steroid dienone is 2. The van der Waals surface area contributed by atoms with Gasteiger partial charge in [0, 0.05) is 4.90 Å². The molecule has 1 aliphatic heterocycles. The minimum atomic E-state index is -0.194. The Morgan fingerprint density at radius 2 is 1.75 bits per heavy atom. The largest absolute Gasteiger partial charge is 1.00 e. The number of carbonyl (C=O) groups is 1. The van der Waals surface area contributed by atoms with Crippen molar-refractivity contribution in [2.75, 3.05) is 5.01 Å². The SMILES string of the molecule is CC1=NN(c2ccc(SOO[O-])cc2)C(=O)/C1=C/C=C/c1ccc(C)cc1.[Na+]. The van der Waals surface area contributed by atoms with E-state index < -0.39 is 0 Å². The van der Waals surface area contributed by atoms with E-state index in [-0.39, 0.29) is 35.5 Å². The molecule has 0 N–H and O–H groups in total. The predicted octanol–water partition coefficient (Wildman–Crippen LogP) is 0.592. The van der Waals surface area contributed by atoms with E-state index in [1.165, 1.54) is 10.6 Å². The van der Waals surface area contributed by atoms with Crippen LogP contribution in [-0.2, 0) is 14.2 Å². The molecule has 0 atom stereocenters. The van der Waals surface area contributed by atoms with E-state index >= 15 is 0 Å². The van der Waals surface area contributed by atoms with Gasteiger partial charge in [0.1, 0.15) is 0 Å². The van der Waals surface area contributed by atoms with E-state index in [1.807, 2.05) is 43.3 Å². The van der Waals surface area contributed by atoms with Crippen molar-refractivity contribution in [1.82, 2.24) is 0 Å². The number of nitrogens with zero attached hydrogens (tertiary/aromatic N) is 2. The molecule has 0 aliphatic carbocycles. The number of rotatable bonds is 6. The van der Waals surface area contributed by atoms with Crippen LogP contribution < -0.4 is 39.8 Å². The van der Waals surface area contributed by atoms with Crippen molar-refractivity contribution in [2.24, 2.45) is 5.10 Å². The van der Waals surface area contributed by atoms with Gasteiger partial charge in [0.2, 0.25) is 0 Å². The summed E-state index contributed by atoms with van der Waals surface area (Å²) in [6.45, 7) is 3.84. The number of aryl methyl sites for hydroxylation is 1. The number of carbonyl (C=O) groups excluding carboxylic acids is 1. The summed E-state index contributed by atoms with van der Waals surface area (Å²) in [4.78, 5) is 13.3. The molecule has 2 aromatic carbocycles. The quantitative estimate of drug-likeness (QED) is 0.232. The summed E-state index contributed by atoms with van der Waals surface area (Å²) in [6, 6.07) is 15.0. The van der Waals surface area contributed by atoms with Gasteiger partial charge in [0.25, 0.3) is 5.91 Å². The number of benzene rings is 2. The van der Waals surface area contributed by atoms with Gasteiger partial charge in [-0.2, -0.15) is 14.4 Å². The fourth-order valence-corrected chi connectivity index (χ4v) is 2.87. The van der Waals surface area contributed by atoms with Crippen molar-refractivity contribution in [2.45, 2.75) is 18.7 Å². The van der Waals surface area contributed by atoms with Gasteiger partial charge in [0.05, 0.1) is 29.0 Å². The maximum atomic E-state index is 12.7. The molecule has 2 aromatic rings. The van der Waals surface area contributed by atoms with Crippen LogP contribution in [0.2, 0.25) is 0 Å². The normalized spacial score (nSPS) is 15.2. The molecule has 0 aromatic heterocycles. The summed E-state index contributed by atoms with van der Waals surface area (Å²) >= 11 is 0.789. The van der Waals surface area contributed by atoms with Gasteiger partial charge in [0.15, 0.2) is 0 Å². The Bertz CT molecular complexity index is 909. The first-order valence-corrected chi connectivity index (χ1v) is 8.91. The summed E-state index contributed by atoms with van der Waals surface area (Å²) in [7, 11) is 0. The fourth-order valence-electron chi connectivity index (χ4n) is 2.51. The van der Waals surface area contributed by atoms with Gasteiger partial charge in [-0.05, 0) is 49.8 Å². The number of hydrogen-bond acceptors (Lipinski definition) is 6. The number of amides is 1. The van der Waals surface area contributed by atoms with E-state index in [1.54, 1.807) is 37.3 Å². The Hall–Kier alpha value is -1.71. The van der Waals surface area contributed by atoms with E-state index in [0.717, 1.165) is 17.6 Å². The molecule has 0 unspecified atom stereocenters. The Kier molecular flexibility index (Phi) is 8.65. The molecule has 0 saturated carbocycles. The summed E-state index contributed by atoms with van der Waals surface area (Å²) in [6.07, 6.45) is 5.56. The summed E-state index contributed by atoms with van der Waals surface area (Å²) in [5, 5.41) is 18.9. The molecule has 0 bridgehead atoms. The molecule has 8 heteroatoms. The van der Waals surface area contributed by atoms with Gasteiger partial charge >= 0.3 is 29.6 Å². The second kappa shape index (κ2) is 10.7. The average Bonchev–Trinajstić information content (AvgIpc) is 2.96. The first-order chi connectivity index (χ1) is 13.1. The van der Waals surface area contributed by atoms with E-state index in [9.17, 15) is 10.1 Å². The first-order valence-electron chi connectivity index (χ1n) is 8.17.